The molecule has 0 saturated heterocycles. The Morgan fingerprint density at radius 2 is 1.83 bits per heavy atom. The lowest BCUT2D eigenvalue weighted by molar-refractivity contribution is 0.0322. The van der Waals surface area contributed by atoms with Gasteiger partial charge in [-0.05, 0) is 55.6 Å². The lowest BCUT2D eigenvalue weighted by atomic mass is 10.2. The van der Waals surface area contributed by atoms with E-state index in [4.69, 9.17) is 21.4 Å². The smallest absolute Gasteiger partial charge is 0.191 e. The molecule has 1 heterocycles. The number of halogens is 3. The van der Waals surface area contributed by atoms with Gasteiger partial charge in [-0.3, -0.25) is 5.01 Å². The van der Waals surface area contributed by atoms with E-state index in [1.165, 1.54) is 12.1 Å². The molecule has 6 N–H and O–H groups in total. The second kappa shape index (κ2) is 16.4. The highest BCUT2D eigenvalue weighted by atomic mass is 127. The number of hydrogen-bond acceptors (Lipinski definition) is 9. The SMILES string of the molecule is CCCSc1nc(NC2CC2)c(N)c(N(N)C2CCC(OCCO)C2)n1.CI.Fc1ccccc1F. The standard InChI is InChI=1S/C17H30N6O2S.C6H4F2.CH3I/c1-2-9-26-17-21-15(20-11-3-4-11)14(18)16(22-17)23(19)12-5-6-13(10-12)25-8-7-24;7-5-3-1-2-4-6(5)8;1-2/h11-13,24H,2-10,18-19H2,1H3,(H,20,21,22);1-4H;1H3. The van der Waals surface area contributed by atoms with E-state index in [1.807, 2.05) is 4.93 Å². The molecule has 0 radical (unpaired) electrons. The maximum atomic E-state index is 11.9. The van der Waals surface area contributed by atoms with E-state index in [9.17, 15) is 8.78 Å². The van der Waals surface area contributed by atoms with Crippen LogP contribution in [0.15, 0.2) is 29.4 Å². The van der Waals surface area contributed by atoms with Crippen LogP contribution in [0.5, 0.6) is 0 Å². The van der Waals surface area contributed by atoms with Gasteiger partial charge in [0.15, 0.2) is 28.4 Å². The van der Waals surface area contributed by atoms with Crippen molar-refractivity contribution in [2.24, 2.45) is 5.84 Å². The number of nitrogens with two attached hydrogens (primary N) is 2. The minimum absolute atomic E-state index is 0.0422. The summed E-state index contributed by atoms with van der Waals surface area (Å²) < 4.78 is 29.5. The van der Waals surface area contributed by atoms with Gasteiger partial charge in [-0.15, -0.1) is 0 Å². The molecule has 2 aliphatic rings. The average Bonchev–Trinajstić information content (AvgIpc) is 3.59. The van der Waals surface area contributed by atoms with Crippen molar-refractivity contribution < 1.29 is 18.6 Å². The van der Waals surface area contributed by atoms with Crippen LogP contribution in [0.4, 0.5) is 26.1 Å². The van der Waals surface area contributed by atoms with Crippen LogP contribution >= 0.6 is 34.4 Å². The van der Waals surface area contributed by atoms with E-state index in [-0.39, 0.29) is 18.8 Å². The topological polar surface area (TPSA) is 123 Å². The van der Waals surface area contributed by atoms with Crippen molar-refractivity contribution in [3.05, 3.63) is 35.9 Å². The van der Waals surface area contributed by atoms with Crippen molar-refractivity contribution in [1.29, 1.82) is 0 Å². The zero-order valence-corrected chi connectivity index (χ0v) is 23.8. The highest BCUT2D eigenvalue weighted by Crippen LogP contribution is 2.36. The van der Waals surface area contributed by atoms with Crippen molar-refractivity contribution in [2.75, 3.05) is 40.0 Å². The summed E-state index contributed by atoms with van der Waals surface area (Å²) in [5.41, 5.74) is 6.87. The number of aliphatic hydroxyl groups is 1. The highest BCUT2D eigenvalue weighted by molar-refractivity contribution is 14.1. The fourth-order valence-corrected chi connectivity index (χ4v) is 4.27. The molecule has 0 aliphatic heterocycles. The largest absolute Gasteiger partial charge is 0.394 e. The molecule has 202 valence electrons. The van der Waals surface area contributed by atoms with Crippen LogP contribution in [0.3, 0.4) is 0 Å². The van der Waals surface area contributed by atoms with E-state index >= 15 is 0 Å². The van der Waals surface area contributed by atoms with Gasteiger partial charge in [0, 0.05) is 17.8 Å². The molecule has 0 bridgehead atoms. The van der Waals surface area contributed by atoms with Crippen molar-refractivity contribution in [2.45, 2.75) is 68.8 Å². The van der Waals surface area contributed by atoms with Gasteiger partial charge in [-0.1, -0.05) is 53.4 Å². The van der Waals surface area contributed by atoms with Crippen LogP contribution in [-0.4, -0.2) is 57.2 Å². The lowest BCUT2D eigenvalue weighted by Gasteiger charge is -2.27. The molecule has 2 atom stereocenters. The van der Waals surface area contributed by atoms with Crippen molar-refractivity contribution >= 4 is 51.7 Å². The molecule has 8 nitrogen and oxygen atoms in total. The van der Waals surface area contributed by atoms with E-state index in [0.717, 1.165) is 56.4 Å². The van der Waals surface area contributed by atoms with Crippen LogP contribution in [-0.2, 0) is 4.74 Å². The van der Waals surface area contributed by atoms with Gasteiger partial charge >= 0.3 is 0 Å². The number of aliphatic hydroxyl groups excluding tert-OH is 1. The van der Waals surface area contributed by atoms with Gasteiger partial charge < -0.3 is 20.9 Å². The summed E-state index contributed by atoms with van der Waals surface area (Å²) in [5.74, 6) is 7.07. The third kappa shape index (κ3) is 9.77. The number of nitrogens with one attached hydrogen (secondary N) is 1. The molecule has 4 rings (SSSR count). The number of hydrazine groups is 1. The van der Waals surface area contributed by atoms with E-state index in [0.29, 0.717) is 35.1 Å². The highest BCUT2D eigenvalue weighted by Gasteiger charge is 2.32. The molecule has 0 spiro atoms. The average molecular weight is 639 g/mol. The molecule has 2 aliphatic carbocycles. The van der Waals surface area contributed by atoms with Gasteiger partial charge in [0.05, 0.1) is 19.3 Å². The van der Waals surface area contributed by atoms with E-state index < -0.39 is 11.6 Å². The second-order valence-electron chi connectivity index (χ2n) is 8.36. The fourth-order valence-electron chi connectivity index (χ4n) is 3.58. The predicted molar refractivity (Wildman–Crippen MR) is 152 cm³/mol. The number of ether oxygens (including phenoxy) is 1. The van der Waals surface area contributed by atoms with Gasteiger partial charge in [0.1, 0.15) is 5.69 Å². The molecule has 36 heavy (non-hydrogen) atoms. The maximum Gasteiger partial charge on any atom is 0.191 e. The third-order valence-corrected chi connectivity index (χ3v) is 6.58. The van der Waals surface area contributed by atoms with Gasteiger partial charge in [-0.2, -0.15) is 0 Å². The summed E-state index contributed by atoms with van der Waals surface area (Å²) in [6, 6.07) is 5.62. The molecule has 1 aromatic heterocycles. The normalized spacial score (nSPS) is 18.5. The Labute approximate surface area is 230 Å². The fraction of sp³-hybridized carbons (Fsp3) is 0.583. The Hall–Kier alpha value is -1.48. The summed E-state index contributed by atoms with van der Waals surface area (Å²) in [5, 5.41) is 14.7. The van der Waals surface area contributed by atoms with Crippen LogP contribution in [0.1, 0.15) is 45.4 Å². The number of nitrogen functional groups attached to an aromatic ring is 1. The lowest BCUT2D eigenvalue weighted by Crippen LogP contribution is -2.41. The number of nitrogens with zero attached hydrogens (tertiary/aromatic N) is 3. The molecule has 12 heteroatoms. The number of anilines is 3. The van der Waals surface area contributed by atoms with Crippen molar-refractivity contribution in [3.63, 3.8) is 0 Å². The summed E-state index contributed by atoms with van der Waals surface area (Å²) in [7, 11) is 0. The van der Waals surface area contributed by atoms with Crippen molar-refractivity contribution in [1.82, 2.24) is 9.97 Å². The third-order valence-electron chi connectivity index (χ3n) is 5.52. The summed E-state index contributed by atoms with van der Waals surface area (Å²) in [4.78, 5) is 11.2. The first-order chi connectivity index (χ1) is 17.4. The number of rotatable bonds is 10. The van der Waals surface area contributed by atoms with E-state index in [1.54, 1.807) is 16.8 Å². The minimum Gasteiger partial charge on any atom is -0.394 e. The van der Waals surface area contributed by atoms with Crippen LogP contribution in [0, 0.1) is 11.6 Å². The van der Waals surface area contributed by atoms with Crippen LogP contribution < -0.4 is 21.9 Å². The number of aromatic nitrogens is 2. The maximum absolute atomic E-state index is 11.9. The number of benzene rings is 1. The Balaban J connectivity index is 0.000000384. The Morgan fingerprint density at radius 3 is 2.39 bits per heavy atom. The molecular weight excluding hydrogens is 601 g/mol. The van der Waals surface area contributed by atoms with Gasteiger partial charge in [-0.25, -0.2) is 24.6 Å². The molecule has 2 unspecified atom stereocenters. The second-order valence-corrected chi connectivity index (χ2v) is 9.43. The van der Waals surface area contributed by atoms with Crippen LogP contribution in [0.2, 0.25) is 0 Å². The zero-order valence-electron chi connectivity index (χ0n) is 20.8. The molecule has 2 aromatic rings. The van der Waals surface area contributed by atoms with Crippen molar-refractivity contribution in [3.8, 4) is 0 Å². The first-order valence-corrected chi connectivity index (χ1v) is 15.2. The first kappa shape index (κ1) is 30.7. The quantitative estimate of drug-likeness (QED) is 0.0729. The summed E-state index contributed by atoms with van der Waals surface area (Å²) in [6.07, 6.45) is 6.12. The number of hydrogen-bond donors (Lipinski definition) is 4. The van der Waals surface area contributed by atoms with Crippen LogP contribution in [0.25, 0.3) is 0 Å². The molecule has 2 fully saturated rings. The molecule has 1 aromatic carbocycles. The van der Waals surface area contributed by atoms with E-state index in [2.05, 4.69) is 44.8 Å². The Bertz CT molecular complexity index is 907. The first-order valence-electron chi connectivity index (χ1n) is 12.0. The monoisotopic (exact) mass is 638 g/mol. The molecule has 0 amide bonds. The van der Waals surface area contributed by atoms with Gasteiger partial charge in [0.25, 0.3) is 0 Å². The molecular formula is C24H37F2IN6O2S. The summed E-state index contributed by atoms with van der Waals surface area (Å²) in [6.45, 7) is 2.54. The number of alkyl halides is 1. The summed E-state index contributed by atoms with van der Waals surface area (Å²) >= 11 is 3.77. The number of thioether (sulfide) groups is 1. The Kier molecular flexibility index (Phi) is 14.0. The molecule has 2 saturated carbocycles. The zero-order chi connectivity index (χ0) is 26.5. The Morgan fingerprint density at radius 1 is 1.17 bits per heavy atom. The minimum atomic E-state index is -0.799. The predicted octanol–water partition coefficient (Wildman–Crippen LogP) is 4.76. The van der Waals surface area contributed by atoms with Gasteiger partial charge in [0.2, 0.25) is 0 Å².